The summed E-state index contributed by atoms with van der Waals surface area (Å²) in [5.41, 5.74) is 1.92. The summed E-state index contributed by atoms with van der Waals surface area (Å²) < 4.78 is 0. The van der Waals surface area contributed by atoms with Gasteiger partial charge in [-0.05, 0) is 18.4 Å². The van der Waals surface area contributed by atoms with Gasteiger partial charge in [0, 0.05) is 6.54 Å². The molecule has 1 rings (SSSR count). The first-order chi connectivity index (χ1) is 4.61. The van der Waals surface area contributed by atoms with E-state index in [1.54, 1.807) is 5.57 Å². The normalized spacial score (nSPS) is 18.6. The minimum atomic E-state index is 0. The molecule has 0 amide bonds. The van der Waals surface area contributed by atoms with Crippen LogP contribution in [0.4, 0.5) is 0 Å². The van der Waals surface area contributed by atoms with Crippen LogP contribution in [0.25, 0.3) is 0 Å². The molecule has 0 fully saturated rings. The van der Waals surface area contributed by atoms with E-state index >= 15 is 0 Å². The van der Waals surface area contributed by atoms with Crippen LogP contribution in [0.15, 0.2) is 11.6 Å². The molecule has 0 atom stereocenters. The van der Waals surface area contributed by atoms with Crippen molar-refractivity contribution in [1.29, 1.82) is 0 Å². The molecule has 0 aliphatic carbocycles. The maximum Gasteiger partial charge on any atom is 0.0169 e. The molecule has 2 heteroatoms. The van der Waals surface area contributed by atoms with E-state index in [9.17, 15) is 0 Å². The van der Waals surface area contributed by atoms with Crippen molar-refractivity contribution in [2.24, 2.45) is 5.41 Å². The third-order valence-corrected chi connectivity index (χ3v) is 1.99. The lowest BCUT2D eigenvalue weighted by atomic mass is 9.85. The Kier molecular flexibility index (Phi) is 4.12. The van der Waals surface area contributed by atoms with Gasteiger partial charge in [0.05, 0.1) is 0 Å². The zero-order chi connectivity index (χ0) is 7.61. The van der Waals surface area contributed by atoms with Crippen LogP contribution in [-0.4, -0.2) is 13.1 Å². The van der Waals surface area contributed by atoms with Crippen molar-refractivity contribution in [2.45, 2.75) is 27.2 Å². The Morgan fingerprint density at radius 2 is 2.00 bits per heavy atom. The van der Waals surface area contributed by atoms with Crippen LogP contribution in [0.5, 0.6) is 0 Å². The first-order valence-corrected chi connectivity index (χ1v) is 4.01. The Bertz CT molecular complexity index is 144. The van der Waals surface area contributed by atoms with Gasteiger partial charge >= 0.3 is 0 Å². The highest BCUT2D eigenvalue weighted by Crippen LogP contribution is 2.25. The lowest BCUT2D eigenvalue weighted by molar-refractivity contribution is 0.466. The molecule has 0 radical (unpaired) electrons. The van der Waals surface area contributed by atoms with Gasteiger partial charge in [0.25, 0.3) is 0 Å². The highest BCUT2D eigenvalue weighted by molar-refractivity contribution is 5.85. The molecule has 11 heavy (non-hydrogen) atoms. The number of rotatable bonds is 0. The smallest absolute Gasteiger partial charge is 0.0169 e. The predicted octanol–water partition coefficient (Wildman–Crippen LogP) is 2.37. The van der Waals surface area contributed by atoms with Crippen molar-refractivity contribution in [3.63, 3.8) is 0 Å². The van der Waals surface area contributed by atoms with Crippen LogP contribution < -0.4 is 5.32 Å². The molecule has 0 saturated heterocycles. The fourth-order valence-electron chi connectivity index (χ4n) is 1.22. The highest BCUT2D eigenvalue weighted by atomic mass is 35.5. The molecule has 0 aromatic rings. The van der Waals surface area contributed by atoms with Gasteiger partial charge in [-0.3, -0.25) is 0 Å². The van der Waals surface area contributed by atoms with Crippen molar-refractivity contribution < 1.29 is 0 Å². The summed E-state index contributed by atoms with van der Waals surface area (Å²) in [6.07, 6.45) is 3.57. The van der Waals surface area contributed by atoms with E-state index in [0.29, 0.717) is 5.41 Å². The molecule has 66 valence electrons. The van der Waals surface area contributed by atoms with Gasteiger partial charge in [0.1, 0.15) is 0 Å². The largest absolute Gasteiger partial charge is 0.313 e. The third-order valence-electron chi connectivity index (χ3n) is 1.99. The highest BCUT2D eigenvalue weighted by Gasteiger charge is 2.17. The molecule has 1 N–H and O–H groups in total. The maximum absolute atomic E-state index is 3.37. The van der Waals surface area contributed by atoms with Crippen LogP contribution in [0.2, 0.25) is 0 Å². The number of hydrogen-bond acceptors (Lipinski definition) is 1. The summed E-state index contributed by atoms with van der Waals surface area (Å²) in [6.45, 7) is 9.05. The molecule has 0 saturated carbocycles. The lowest BCUT2D eigenvalue weighted by Gasteiger charge is -2.26. The second kappa shape index (κ2) is 4.13. The van der Waals surface area contributed by atoms with Crippen molar-refractivity contribution in [3.8, 4) is 0 Å². The van der Waals surface area contributed by atoms with E-state index in [-0.39, 0.29) is 12.4 Å². The fourth-order valence-corrected chi connectivity index (χ4v) is 1.22. The molecule has 1 aliphatic rings. The third kappa shape index (κ3) is 3.26. The average Bonchev–Trinajstić information content (AvgIpc) is 1.88. The zero-order valence-corrected chi connectivity index (χ0v) is 8.42. The second-order valence-corrected chi connectivity index (χ2v) is 3.94. The summed E-state index contributed by atoms with van der Waals surface area (Å²) in [4.78, 5) is 0. The second-order valence-electron chi connectivity index (χ2n) is 3.94. The Balaban J connectivity index is 0.000001000. The van der Waals surface area contributed by atoms with Gasteiger partial charge in [-0.2, -0.15) is 0 Å². The topological polar surface area (TPSA) is 12.0 Å². The first-order valence-electron chi connectivity index (χ1n) is 4.01. The van der Waals surface area contributed by atoms with Crippen LogP contribution in [0, 0.1) is 5.41 Å². The number of nitrogens with one attached hydrogen (secondary N) is 1. The van der Waals surface area contributed by atoms with Crippen molar-refractivity contribution >= 4 is 12.4 Å². The molecular formula is C9H18ClN. The minimum absolute atomic E-state index is 0. The monoisotopic (exact) mass is 175 g/mol. The van der Waals surface area contributed by atoms with Crippen LogP contribution in [0.3, 0.4) is 0 Å². The summed E-state index contributed by atoms with van der Waals surface area (Å²) in [6, 6.07) is 0. The molecular weight excluding hydrogens is 158 g/mol. The lowest BCUT2D eigenvalue weighted by Crippen LogP contribution is -2.28. The Morgan fingerprint density at radius 3 is 2.27 bits per heavy atom. The van der Waals surface area contributed by atoms with Crippen LogP contribution >= 0.6 is 12.4 Å². The molecule has 0 bridgehead atoms. The van der Waals surface area contributed by atoms with E-state index in [1.807, 2.05) is 0 Å². The fraction of sp³-hybridized carbons (Fsp3) is 0.778. The number of hydrogen-bond donors (Lipinski definition) is 1. The standard InChI is InChI=1S/C9H17N.ClH/c1-9(2,3)8-5-4-6-10-7-8;/h5,10H,4,6-7H2,1-3H3;1H. The Labute approximate surface area is 75.7 Å². The van der Waals surface area contributed by atoms with Gasteiger partial charge in [-0.1, -0.05) is 32.4 Å². The van der Waals surface area contributed by atoms with Gasteiger partial charge < -0.3 is 5.32 Å². The van der Waals surface area contributed by atoms with Gasteiger partial charge in [0.2, 0.25) is 0 Å². The number of halogens is 1. The Hall–Kier alpha value is -0.0100. The summed E-state index contributed by atoms with van der Waals surface area (Å²) in [7, 11) is 0. The molecule has 0 aromatic heterocycles. The summed E-state index contributed by atoms with van der Waals surface area (Å²) >= 11 is 0. The van der Waals surface area contributed by atoms with Crippen molar-refractivity contribution in [1.82, 2.24) is 5.32 Å². The summed E-state index contributed by atoms with van der Waals surface area (Å²) in [5.74, 6) is 0. The van der Waals surface area contributed by atoms with E-state index in [0.717, 1.165) is 13.1 Å². The van der Waals surface area contributed by atoms with E-state index in [2.05, 4.69) is 32.2 Å². The van der Waals surface area contributed by atoms with Crippen LogP contribution in [-0.2, 0) is 0 Å². The SMILES string of the molecule is CC(C)(C)C1=CCCNC1.Cl. The molecule has 1 nitrogen and oxygen atoms in total. The molecule has 0 aromatic carbocycles. The maximum atomic E-state index is 3.37. The van der Waals surface area contributed by atoms with Crippen LogP contribution in [0.1, 0.15) is 27.2 Å². The zero-order valence-electron chi connectivity index (χ0n) is 7.61. The van der Waals surface area contributed by atoms with Crippen molar-refractivity contribution in [2.75, 3.05) is 13.1 Å². The average molecular weight is 176 g/mol. The first kappa shape index (κ1) is 11.0. The van der Waals surface area contributed by atoms with E-state index in [4.69, 9.17) is 0 Å². The van der Waals surface area contributed by atoms with E-state index < -0.39 is 0 Å². The predicted molar refractivity (Wildman–Crippen MR) is 52.3 cm³/mol. The Morgan fingerprint density at radius 1 is 1.36 bits per heavy atom. The molecule has 0 spiro atoms. The van der Waals surface area contributed by atoms with E-state index in [1.165, 1.54) is 6.42 Å². The molecule has 1 heterocycles. The molecule has 0 unspecified atom stereocenters. The molecule has 1 aliphatic heterocycles. The van der Waals surface area contributed by atoms with Gasteiger partial charge in [-0.15, -0.1) is 12.4 Å². The minimum Gasteiger partial charge on any atom is -0.313 e. The van der Waals surface area contributed by atoms with Gasteiger partial charge in [0.15, 0.2) is 0 Å². The van der Waals surface area contributed by atoms with Gasteiger partial charge in [-0.25, -0.2) is 0 Å². The van der Waals surface area contributed by atoms with Crippen molar-refractivity contribution in [3.05, 3.63) is 11.6 Å². The summed E-state index contributed by atoms with van der Waals surface area (Å²) in [5, 5.41) is 3.37. The quantitative estimate of drug-likeness (QED) is 0.558.